The van der Waals surface area contributed by atoms with Crippen LogP contribution < -0.4 is 4.74 Å². The maximum atomic E-state index is 16.3. The molecule has 0 bridgehead atoms. The van der Waals surface area contributed by atoms with Crippen molar-refractivity contribution < 1.29 is 32.0 Å². The van der Waals surface area contributed by atoms with Crippen LogP contribution in [0.25, 0.3) is 11.2 Å². The van der Waals surface area contributed by atoms with E-state index < -0.39 is 31.9 Å². The van der Waals surface area contributed by atoms with Gasteiger partial charge in [-0.25, -0.2) is 18.9 Å². The molecule has 4 heterocycles. The van der Waals surface area contributed by atoms with E-state index in [-0.39, 0.29) is 23.8 Å². The number of fused-ring (bicyclic) bond motifs is 2. The fraction of sp³-hybridized carbons (Fsp3) is 0.560. The quantitative estimate of drug-likeness (QED) is 0.222. The number of aromatic nitrogens is 4. The lowest BCUT2D eigenvalue weighted by Crippen LogP contribution is -2.44. The number of phosphoric acid groups is 1. The van der Waals surface area contributed by atoms with E-state index in [9.17, 15) is 4.57 Å². The Morgan fingerprint density at radius 1 is 1.28 bits per heavy atom. The molecule has 2 aliphatic rings. The topological polar surface area (TPSA) is 107 Å². The fourth-order valence-electron chi connectivity index (χ4n) is 4.45. The summed E-state index contributed by atoms with van der Waals surface area (Å²) in [5.41, 5.74) is -0.308. The Hall–Kier alpha value is -1.73. The molecule has 0 amide bonds. The van der Waals surface area contributed by atoms with Crippen molar-refractivity contribution in [1.82, 2.24) is 19.5 Å². The minimum absolute atomic E-state index is 0.0852. The number of nitrogens with zero attached hydrogens (tertiary/aromatic N) is 4. The maximum absolute atomic E-state index is 16.3. The molecule has 0 aliphatic carbocycles. The summed E-state index contributed by atoms with van der Waals surface area (Å²) in [7, 11) is 0.907. The van der Waals surface area contributed by atoms with Gasteiger partial charge in [0.15, 0.2) is 23.1 Å². The molecule has 212 valence electrons. The number of rotatable bonds is 8. The largest absolute Gasteiger partial charge is 0.479 e. The van der Waals surface area contributed by atoms with Gasteiger partial charge in [-0.2, -0.15) is 4.98 Å². The van der Waals surface area contributed by atoms with Gasteiger partial charge in [-0.15, -0.1) is 0 Å². The van der Waals surface area contributed by atoms with Gasteiger partial charge in [-0.1, -0.05) is 60.6 Å². The van der Waals surface area contributed by atoms with Gasteiger partial charge in [0.25, 0.3) is 0 Å². The zero-order chi connectivity index (χ0) is 28.0. The Kier molecular flexibility index (Phi) is 8.06. The van der Waals surface area contributed by atoms with Gasteiger partial charge >= 0.3 is 7.82 Å². The average Bonchev–Trinajstić information content (AvgIpc) is 3.40. The highest BCUT2D eigenvalue weighted by atomic mass is 33.1. The normalized spacial score (nSPS) is 29.1. The Morgan fingerprint density at radius 2 is 2.05 bits per heavy atom. The van der Waals surface area contributed by atoms with E-state index in [0.29, 0.717) is 23.4 Å². The number of alkyl halides is 1. The van der Waals surface area contributed by atoms with E-state index in [2.05, 4.69) is 35.7 Å². The van der Waals surface area contributed by atoms with Crippen LogP contribution in [0.3, 0.4) is 0 Å². The van der Waals surface area contributed by atoms with Gasteiger partial charge in [0.2, 0.25) is 5.88 Å². The summed E-state index contributed by atoms with van der Waals surface area (Å²) in [5, 5.41) is 0. The molecule has 2 fully saturated rings. The number of benzene rings is 1. The zero-order valence-corrected chi connectivity index (χ0v) is 25.1. The number of halogens is 1. The van der Waals surface area contributed by atoms with Crippen molar-refractivity contribution >= 4 is 40.6 Å². The standard InChI is InChI=1S/C25H32FN4O6PS2/c1-15-28-21-19(22(29-15)32-6)27-14-30(21)23-25(5,26)20-17(35-23)13-34-37(31,36-20)33-12-11-16-9-7-8-10-18(16)38-39-24(2,3)4/h7-10,14,17,20,23H,11-13H2,1-6H3/t17-,20-,23-,25-,37?/m1/s1. The van der Waals surface area contributed by atoms with Gasteiger partial charge in [0, 0.05) is 9.64 Å². The third-order valence-corrected chi connectivity index (χ3v) is 11.1. The van der Waals surface area contributed by atoms with Crippen LogP contribution in [0.4, 0.5) is 4.39 Å². The third-order valence-electron chi connectivity index (χ3n) is 6.24. The lowest BCUT2D eigenvalue weighted by Gasteiger charge is -2.33. The molecule has 0 saturated carbocycles. The van der Waals surface area contributed by atoms with E-state index in [1.807, 2.05) is 24.3 Å². The maximum Gasteiger partial charge on any atom is 0.475 e. The monoisotopic (exact) mass is 598 g/mol. The van der Waals surface area contributed by atoms with E-state index in [4.69, 9.17) is 23.0 Å². The third kappa shape index (κ3) is 6.00. The Balaban J connectivity index is 1.28. The highest BCUT2D eigenvalue weighted by Crippen LogP contribution is 2.59. The van der Waals surface area contributed by atoms with Crippen LogP contribution in [0.1, 0.15) is 45.3 Å². The first-order chi connectivity index (χ1) is 18.4. The molecule has 5 atom stereocenters. The van der Waals surface area contributed by atoms with Crippen LogP contribution in [-0.2, 0) is 29.3 Å². The first kappa shape index (κ1) is 28.8. The second kappa shape index (κ2) is 10.9. The molecule has 5 rings (SSSR count). The van der Waals surface area contributed by atoms with Gasteiger partial charge in [0.05, 0.1) is 26.7 Å². The molecular formula is C25H32FN4O6PS2. The highest BCUT2D eigenvalue weighted by molar-refractivity contribution is 8.77. The minimum atomic E-state index is -4.03. The van der Waals surface area contributed by atoms with Crippen molar-refractivity contribution in [3.8, 4) is 5.88 Å². The number of hydrogen-bond acceptors (Lipinski definition) is 11. The summed E-state index contributed by atoms with van der Waals surface area (Å²) in [6.45, 7) is 9.46. The number of hydrogen-bond donors (Lipinski definition) is 0. The van der Waals surface area contributed by atoms with Crippen LogP contribution >= 0.6 is 29.4 Å². The van der Waals surface area contributed by atoms with Gasteiger partial charge in [-0.3, -0.25) is 18.1 Å². The molecule has 2 saturated heterocycles. The second-order valence-corrected chi connectivity index (χ2v) is 15.1. The Bertz CT molecular complexity index is 1400. The molecule has 0 spiro atoms. The molecule has 10 nitrogen and oxygen atoms in total. The molecule has 3 aromatic rings. The minimum Gasteiger partial charge on any atom is -0.479 e. The lowest BCUT2D eigenvalue weighted by molar-refractivity contribution is -0.0705. The summed E-state index contributed by atoms with van der Waals surface area (Å²) in [4.78, 5) is 14.0. The molecule has 1 aromatic carbocycles. The molecule has 14 heteroatoms. The SMILES string of the molecule is COc1nc(C)nc2c1ncn2[C@@H]1O[C@@H]2COP(=O)(OCCc3ccccc3SSC(C)(C)C)O[C@H]2[C@@]1(C)F. The number of methoxy groups -OCH3 is 1. The second-order valence-electron chi connectivity index (χ2n) is 10.5. The number of ether oxygens (including phenoxy) is 2. The van der Waals surface area contributed by atoms with Gasteiger partial charge in [0.1, 0.15) is 18.0 Å². The first-order valence-electron chi connectivity index (χ1n) is 12.5. The van der Waals surface area contributed by atoms with E-state index in [1.54, 1.807) is 28.5 Å². The van der Waals surface area contributed by atoms with Gasteiger partial charge in [-0.05, 0) is 31.9 Å². The van der Waals surface area contributed by atoms with E-state index >= 15 is 4.39 Å². The Labute approximate surface area is 234 Å². The van der Waals surface area contributed by atoms with Crippen molar-refractivity contribution in [2.45, 2.75) is 74.8 Å². The van der Waals surface area contributed by atoms with Crippen LogP contribution in [0.5, 0.6) is 5.88 Å². The average molecular weight is 599 g/mol. The fourth-order valence-corrected chi connectivity index (χ4v) is 8.17. The highest BCUT2D eigenvalue weighted by Gasteiger charge is 2.61. The molecule has 0 radical (unpaired) electrons. The summed E-state index contributed by atoms with van der Waals surface area (Å²) in [6.07, 6.45) is -1.23. The van der Waals surface area contributed by atoms with E-state index in [1.165, 1.54) is 24.9 Å². The smallest absolute Gasteiger partial charge is 0.475 e. The first-order valence-corrected chi connectivity index (χ1v) is 16.1. The predicted molar refractivity (Wildman–Crippen MR) is 148 cm³/mol. The number of aryl methyl sites for hydroxylation is 1. The van der Waals surface area contributed by atoms with Gasteiger partial charge < -0.3 is 9.47 Å². The van der Waals surface area contributed by atoms with Crippen molar-refractivity contribution in [2.75, 3.05) is 20.3 Å². The molecule has 0 N–H and O–H groups in total. The van der Waals surface area contributed by atoms with Crippen LogP contribution in [0.15, 0.2) is 35.5 Å². The molecule has 2 aromatic heterocycles. The molecular weight excluding hydrogens is 566 g/mol. The van der Waals surface area contributed by atoms with E-state index in [0.717, 1.165) is 10.5 Å². The predicted octanol–water partition coefficient (Wildman–Crippen LogP) is 6.09. The lowest BCUT2D eigenvalue weighted by atomic mass is 9.98. The van der Waals surface area contributed by atoms with Crippen LogP contribution in [0, 0.1) is 6.92 Å². The van der Waals surface area contributed by atoms with Crippen LogP contribution in [-0.4, -0.2) is 62.5 Å². The van der Waals surface area contributed by atoms with Crippen molar-refractivity contribution in [3.63, 3.8) is 0 Å². The van der Waals surface area contributed by atoms with Crippen molar-refractivity contribution in [3.05, 3.63) is 42.0 Å². The summed E-state index contributed by atoms with van der Waals surface area (Å²) in [5.74, 6) is 0.716. The molecule has 1 unspecified atom stereocenters. The summed E-state index contributed by atoms with van der Waals surface area (Å²) >= 11 is 0. The van der Waals surface area contributed by atoms with Crippen LogP contribution in [0.2, 0.25) is 0 Å². The zero-order valence-electron chi connectivity index (χ0n) is 22.6. The summed E-state index contributed by atoms with van der Waals surface area (Å²) < 4.78 is 59.4. The summed E-state index contributed by atoms with van der Waals surface area (Å²) in [6, 6.07) is 7.99. The molecule has 2 aliphatic heterocycles. The Morgan fingerprint density at radius 3 is 2.79 bits per heavy atom. The molecule has 39 heavy (non-hydrogen) atoms. The number of imidazole rings is 1. The number of phosphoric ester groups is 1. The van der Waals surface area contributed by atoms with Crippen molar-refractivity contribution in [1.29, 1.82) is 0 Å². The van der Waals surface area contributed by atoms with Crippen molar-refractivity contribution in [2.24, 2.45) is 0 Å².